The molecule has 2 fully saturated rings. The van der Waals surface area contributed by atoms with Crippen LogP contribution < -0.4 is 5.19 Å². The van der Waals surface area contributed by atoms with Crippen LogP contribution in [0.25, 0.3) is 66.8 Å². The Morgan fingerprint density at radius 3 is 1.67 bits per heavy atom. The molecule has 1 atom stereocenters. The van der Waals surface area contributed by atoms with Crippen molar-refractivity contribution in [3.63, 3.8) is 0 Å². The second kappa shape index (κ2) is 25.4. The fourth-order valence-corrected chi connectivity index (χ4v) is 12.6. The average molecular weight is 1160 g/mol. The first-order valence-corrected chi connectivity index (χ1v) is 30.6. The van der Waals surface area contributed by atoms with Gasteiger partial charge in [0.15, 0.2) is 0 Å². The fraction of sp³-hybridized carbons (Fsp3) is 0.328. The number of benzene rings is 5. The fourth-order valence-electron chi connectivity index (χ4n) is 11.1. The molecule has 4 aromatic heterocycles. The van der Waals surface area contributed by atoms with E-state index in [1.54, 1.807) is 10.8 Å². The van der Waals surface area contributed by atoms with Gasteiger partial charge in [0, 0.05) is 66.2 Å². The number of nitrogens with zero attached hydrogens (tertiary/aromatic N) is 3. The number of pyridine rings is 3. The zero-order chi connectivity index (χ0) is 49.9. The van der Waals surface area contributed by atoms with Gasteiger partial charge in [0.2, 0.25) is 0 Å². The van der Waals surface area contributed by atoms with Crippen LogP contribution in [0.5, 0.6) is 0 Å². The van der Waals surface area contributed by atoms with Crippen molar-refractivity contribution < 1.29 is 24.5 Å². The number of rotatable bonds is 11. The molecule has 0 saturated heterocycles. The number of hydrogen-bond donors (Lipinski definition) is 0. The Bertz CT molecular complexity index is 3130. The van der Waals surface area contributed by atoms with Crippen molar-refractivity contribution in [2.24, 2.45) is 17.8 Å². The third kappa shape index (κ3) is 13.7. The van der Waals surface area contributed by atoms with E-state index in [1.807, 2.05) is 30.6 Å². The van der Waals surface area contributed by atoms with Gasteiger partial charge in [-0.1, -0.05) is 220 Å². The van der Waals surface area contributed by atoms with Gasteiger partial charge < -0.3 is 4.42 Å². The Labute approximate surface area is 450 Å². The third-order valence-corrected chi connectivity index (χ3v) is 17.5. The summed E-state index contributed by atoms with van der Waals surface area (Å²) >= 11 is 0. The van der Waals surface area contributed by atoms with E-state index >= 15 is 0 Å². The molecule has 377 valence electrons. The van der Waals surface area contributed by atoms with Crippen LogP contribution in [-0.4, -0.2) is 23.0 Å². The summed E-state index contributed by atoms with van der Waals surface area (Å²) in [4.78, 5) is 14.0. The van der Waals surface area contributed by atoms with E-state index in [0.717, 1.165) is 56.4 Å². The van der Waals surface area contributed by atoms with Gasteiger partial charge in [-0.2, -0.15) is 0 Å². The van der Waals surface area contributed by atoms with Crippen molar-refractivity contribution in [3.05, 3.63) is 193 Å². The Balaban J connectivity index is 0.000000149. The summed E-state index contributed by atoms with van der Waals surface area (Å²) in [5.74, 6) is 2.82. The number of hydrogen-bond acceptors (Lipinski definition) is 4. The molecule has 9 aromatic rings. The number of fused-ring (bicyclic) bond motifs is 3. The van der Waals surface area contributed by atoms with Crippen LogP contribution in [0.4, 0.5) is 0 Å². The van der Waals surface area contributed by atoms with Gasteiger partial charge >= 0.3 is 0 Å². The summed E-state index contributed by atoms with van der Waals surface area (Å²) in [7, 11) is -1.35. The van der Waals surface area contributed by atoms with E-state index in [0.29, 0.717) is 11.8 Å². The molecule has 0 aliphatic heterocycles. The standard InChI is InChI=1S/C28H25NO.C21H29NSi.C18H21N.Ir/c1-18(2)19(3)21-15-16-29-25(17-21)23-14-13-22(20-9-5-4-6-10-20)27-24-11-7-8-12-26(24)30-28(23)27;1-23(2,3)21-16-22-20(18-12-8-5-9-13-18)15-19(21)14-17-10-6-4-7-11-17;1-3-7-15(8-4-1)13-16-11-12-19-18(14-16)17-9-5-2-6-10-17;/h4-19H,1-3H3;5,8-9,12-13,15-17H,4,6-7,10-11,14H2,1-3H3;2,5-6,9-12,14-15H,1,3-4,7-8,13H2;. The summed E-state index contributed by atoms with van der Waals surface area (Å²) in [6, 6.07) is 55.4. The summed E-state index contributed by atoms with van der Waals surface area (Å²) < 4.78 is 6.41. The van der Waals surface area contributed by atoms with Gasteiger partial charge in [0.25, 0.3) is 0 Å². The molecule has 0 bridgehead atoms. The maximum atomic E-state index is 6.41. The maximum Gasteiger partial charge on any atom is 0.145 e. The third-order valence-electron chi connectivity index (χ3n) is 15.4. The quantitative estimate of drug-likeness (QED) is 0.121. The van der Waals surface area contributed by atoms with E-state index in [2.05, 4.69) is 191 Å². The predicted molar refractivity (Wildman–Crippen MR) is 309 cm³/mol. The predicted octanol–water partition coefficient (Wildman–Crippen LogP) is 18.4. The minimum absolute atomic E-state index is 0. The van der Waals surface area contributed by atoms with Crippen LogP contribution in [0.3, 0.4) is 0 Å². The first kappa shape index (κ1) is 53.5. The molecule has 5 aromatic carbocycles. The van der Waals surface area contributed by atoms with E-state index in [4.69, 9.17) is 14.4 Å². The summed E-state index contributed by atoms with van der Waals surface area (Å²) in [6.45, 7) is 14.1. The molecule has 2 saturated carbocycles. The Kier molecular flexibility index (Phi) is 18.6. The molecule has 4 nitrogen and oxygen atoms in total. The van der Waals surface area contributed by atoms with Crippen molar-refractivity contribution in [3.8, 4) is 44.9 Å². The summed E-state index contributed by atoms with van der Waals surface area (Å²) in [6.07, 6.45) is 22.7. The van der Waals surface area contributed by atoms with Crippen molar-refractivity contribution in [1.29, 1.82) is 0 Å². The van der Waals surface area contributed by atoms with Crippen molar-refractivity contribution in [1.82, 2.24) is 15.0 Å². The first-order valence-electron chi connectivity index (χ1n) is 27.1. The second-order valence-corrected chi connectivity index (χ2v) is 27.0. The average Bonchev–Trinajstić information content (AvgIpc) is 3.82. The van der Waals surface area contributed by atoms with Crippen molar-refractivity contribution in [2.45, 2.75) is 123 Å². The van der Waals surface area contributed by atoms with E-state index < -0.39 is 8.07 Å². The second-order valence-electron chi connectivity index (χ2n) is 22.0. The largest absolute Gasteiger partial charge is 0.455 e. The molecule has 11 rings (SSSR count). The monoisotopic (exact) mass is 1160 g/mol. The Hall–Kier alpha value is -5.78. The molecule has 0 amide bonds. The molecule has 1 unspecified atom stereocenters. The molecule has 4 heterocycles. The molecule has 6 heteroatoms. The van der Waals surface area contributed by atoms with E-state index in [-0.39, 0.29) is 20.1 Å². The number of furan rings is 1. The first-order chi connectivity index (χ1) is 35.1. The summed E-state index contributed by atoms with van der Waals surface area (Å²) in [5.41, 5.74) is 15.2. The molecule has 2 aliphatic carbocycles. The molecule has 73 heavy (non-hydrogen) atoms. The Morgan fingerprint density at radius 2 is 1.05 bits per heavy atom. The van der Waals surface area contributed by atoms with Gasteiger partial charge in [0.05, 0.1) is 25.2 Å². The van der Waals surface area contributed by atoms with Crippen LogP contribution >= 0.6 is 0 Å². The van der Waals surface area contributed by atoms with Crippen LogP contribution in [0, 0.1) is 17.8 Å². The van der Waals surface area contributed by atoms with Gasteiger partial charge in [0.1, 0.15) is 11.2 Å². The van der Waals surface area contributed by atoms with Crippen molar-refractivity contribution in [2.75, 3.05) is 0 Å². The Morgan fingerprint density at radius 1 is 0.521 bits per heavy atom. The van der Waals surface area contributed by atoms with Crippen LogP contribution in [-0.2, 0) is 32.9 Å². The van der Waals surface area contributed by atoms with Crippen molar-refractivity contribution >= 4 is 35.2 Å². The molecule has 2 aliphatic rings. The van der Waals surface area contributed by atoms with Gasteiger partial charge in [-0.05, 0) is 112 Å². The molecule has 1 radical (unpaired) electrons. The van der Waals surface area contributed by atoms with Crippen LogP contribution in [0.15, 0.2) is 181 Å². The van der Waals surface area contributed by atoms with E-state index in [9.17, 15) is 0 Å². The van der Waals surface area contributed by atoms with Crippen LogP contribution in [0.1, 0.15) is 108 Å². The topological polar surface area (TPSA) is 51.8 Å². The van der Waals surface area contributed by atoms with E-state index in [1.165, 1.54) is 110 Å². The zero-order valence-corrected chi connectivity index (χ0v) is 47.5. The molecular formula is C67H75IrN3OSi. The minimum atomic E-state index is -1.35. The van der Waals surface area contributed by atoms with Gasteiger partial charge in [-0.15, -0.1) is 0 Å². The maximum absolute atomic E-state index is 6.41. The number of aromatic nitrogens is 3. The minimum Gasteiger partial charge on any atom is -0.455 e. The smallest absolute Gasteiger partial charge is 0.145 e. The molecule has 0 N–H and O–H groups in total. The van der Waals surface area contributed by atoms with Crippen LogP contribution in [0.2, 0.25) is 19.6 Å². The normalized spacial score (nSPS) is 14.7. The molecule has 0 spiro atoms. The zero-order valence-electron chi connectivity index (χ0n) is 44.1. The number of para-hydroxylation sites is 1. The molecular weight excluding hydrogens is 1080 g/mol. The summed E-state index contributed by atoms with van der Waals surface area (Å²) in [5, 5.41) is 3.85. The SMILES string of the molecule is CC(C)C(C)c1ccnc(-c2ccc(-c3ccccc3)c3c2oc2ccccc23)c1.C[Si](C)(C)c1cnc(-c2ccccc2)cc1CC1CCCCC1.[Ir].c1ccc(-c2cc(CC3CCCCC3)ccn2)cc1. The van der Waals surface area contributed by atoms with Gasteiger partial charge in [-0.25, -0.2) is 0 Å². The van der Waals surface area contributed by atoms with Gasteiger partial charge in [-0.3, -0.25) is 15.0 Å².